The number of allylic oxidation sites excluding steroid dienone is 1. The van der Waals surface area contributed by atoms with Crippen LogP contribution in [-0.2, 0) is 9.53 Å². The van der Waals surface area contributed by atoms with E-state index >= 15 is 0 Å². The summed E-state index contributed by atoms with van der Waals surface area (Å²) in [4.78, 5) is 31.6. The van der Waals surface area contributed by atoms with Gasteiger partial charge in [0.05, 0.1) is 41.7 Å². The van der Waals surface area contributed by atoms with E-state index in [9.17, 15) is 14.9 Å². The quantitative estimate of drug-likeness (QED) is 0.348. The molecule has 0 unspecified atom stereocenters. The number of rotatable bonds is 5. The van der Waals surface area contributed by atoms with Gasteiger partial charge in [-0.2, -0.15) is 5.26 Å². The minimum atomic E-state index is -0.871. The number of hydrogen-bond acceptors (Lipinski definition) is 8. The Kier molecular flexibility index (Phi) is 6.76. The highest BCUT2D eigenvalue weighted by Gasteiger charge is 2.35. The molecule has 2 aromatic heterocycles. The number of benzene rings is 2. The number of nitriles is 1. The minimum absolute atomic E-state index is 0.209. The summed E-state index contributed by atoms with van der Waals surface area (Å²) in [7, 11) is 2.78. The van der Waals surface area contributed by atoms with Crippen LogP contribution in [0.2, 0.25) is 5.02 Å². The van der Waals surface area contributed by atoms with E-state index in [0.717, 1.165) is 0 Å². The van der Waals surface area contributed by atoms with E-state index in [4.69, 9.17) is 25.5 Å². The number of thiazole rings is 1. The number of hydrogen-bond donors (Lipinski definition) is 0. The first-order valence-electron chi connectivity index (χ1n) is 11.4. The van der Waals surface area contributed by atoms with Crippen LogP contribution in [-0.4, -0.2) is 24.8 Å². The smallest absolute Gasteiger partial charge is 0.338 e. The van der Waals surface area contributed by atoms with E-state index < -0.39 is 12.0 Å². The highest BCUT2D eigenvalue weighted by Crippen LogP contribution is 2.37. The van der Waals surface area contributed by atoms with E-state index in [-0.39, 0.29) is 11.1 Å². The highest BCUT2D eigenvalue weighted by atomic mass is 35.5. The van der Waals surface area contributed by atoms with Crippen LogP contribution in [0.25, 0.3) is 17.4 Å². The number of carbonyl (C=O) groups excluding carboxylic acids is 1. The van der Waals surface area contributed by atoms with Crippen molar-refractivity contribution in [3.05, 3.63) is 107 Å². The normalized spacial score (nSPS) is 15.0. The Bertz CT molecular complexity index is 1840. The van der Waals surface area contributed by atoms with Crippen LogP contribution in [0.1, 0.15) is 29.9 Å². The molecule has 2 aromatic carbocycles. The van der Waals surface area contributed by atoms with E-state index in [0.29, 0.717) is 54.0 Å². The summed E-state index contributed by atoms with van der Waals surface area (Å²) >= 11 is 7.48. The Morgan fingerprint density at radius 3 is 2.74 bits per heavy atom. The van der Waals surface area contributed by atoms with Crippen LogP contribution in [0.5, 0.6) is 5.75 Å². The lowest BCUT2D eigenvalue weighted by molar-refractivity contribution is -0.136. The number of carbonyl (C=O) groups is 1. The van der Waals surface area contributed by atoms with Gasteiger partial charge < -0.3 is 13.9 Å². The minimum Gasteiger partial charge on any atom is -0.496 e. The zero-order chi connectivity index (χ0) is 27.0. The molecule has 1 atom stereocenters. The highest BCUT2D eigenvalue weighted by molar-refractivity contribution is 7.07. The van der Waals surface area contributed by atoms with Crippen LogP contribution in [0.15, 0.2) is 80.1 Å². The molecule has 38 heavy (non-hydrogen) atoms. The molecule has 0 spiro atoms. The van der Waals surface area contributed by atoms with E-state index in [2.05, 4.69) is 11.1 Å². The van der Waals surface area contributed by atoms with Gasteiger partial charge in [0.15, 0.2) is 4.80 Å². The fraction of sp³-hybridized carbons (Fsp3) is 0.143. The van der Waals surface area contributed by atoms with Crippen molar-refractivity contribution in [2.75, 3.05) is 14.2 Å². The lowest BCUT2D eigenvalue weighted by Gasteiger charge is -2.25. The lowest BCUT2D eigenvalue weighted by Crippen LogP contribution is -2.40. The van der Waals surface area contributed by atoms with Crippen molar-refractivity contribution in [3.8, 4) is 23.1 Å². The fourth-order valence-corrected chi connectivity index (χ4v) is 5.61. The van der Waals surface area contributed by atoms with Gasteiger partial charge in [-0.05, 0) is 49.4 Å². The van der Waals surface area contributed by atoms with Gasteiger partial charge in [-0.25, -0.2) is 9.79 Å². The number of halogens is 1. The van der Waals surface area contributed by atoms with Crippen molar-refractivity contribution in [2.24, 2.45) is 4.99 Å². The largest absolute Gasteiger partial charge is 0.496 e. The zero-order valence-electron chi connectivity index (χ0n) is 20.5. The van der Waals surface area contributed by atoms with Gasteiger partial charge in [-0.1, -0.05) is 35.1 Å². The Morgan fingerprint density at radius 1 is 1.21 bits per heavy atom. The van der Waals surface area contributed by atoms with Gasteiger partial charge in [0.25, 0.3) is 5.56 Å². The summed E-state index contributed by atoms with van der Waals surface area (Å²) in [6.45, 7) is 1.69. The Hall–Kier alpha value is -4.39. The monoisotopic (exact) mass is 545 g/mol. The second kappa shape index (κ2) is 10.2. The number of aromatic nitrogens is 1. The number of fused-ring (bicyclic) bond motifs is 1. The van der Waals surface area contributed by atoms with Gasteiger partial charge in [-0.3, -0.25) is 9.36 Å². The molecular weight excluding hydrogens is 526 g/mol. The van der Waals surface area contributed by atoms with E-state index in [1.165, 1.54) is 30.1 Å². The number of methoxy groups -OCH3 is 2. The lowest BCUT2D eigenvalue weighted by atomic mass is 9.95. The number of furan rings is 1. The molecule has 0 fully saturated rings. The van der Waals surface area contributed by atoms with Gasteiger partial charge >= 0.3 is 5.97 Å². The molecule has 0 saturated carbocycles. The maximum atomic E-state index is 13.8. The first-order chi connectivity index (χ1) is 18.4. The van der Waals surface area contributed by atoms with Crippen molar-refractivity contribution >= 4 is 35.0 Å². The molecule has 0 aliphatic carbocycles. The summed E-state index contributed by atoms with van der Waals surface area (Å²) in [6, 6.07) is 16.9. The first-order valence-corrected chi connectivity index (χ1v) is 12.6. The topological polar surface area (TPSA) is 107 Å². The number of esters is 1. The van der Waals surface area contributed by atoms with Crippen LogP contribution in [0, 0.1) is 11.3 Å². The Balaban J connectivity index is 1.69. The average molecular weight is 546 g/mol. The second-order valence-electron chi connectivity index (χ2n) is 8.32. The summed E-state index contributed by atoms with van der Waals surface area (Å²) in [5.74, 6) is 0.779. The Labute approximate surface area is 226 Å². The summed E-state index contributed by atoms with van der Waals surface area (Å²) in [5.41, 5.74) is 1.92. The van der Waals surface area contributed by atoms with E-state index in [1.807, 2.05) is 6.07 Å². The SMILES string of the molecule is COC(=O)C1=C(C)N=c2s/c(=C\c3ccc(-c4ccccc4C#N)o3)c(=O)n2[C@@H]1c1cc(Cl)ccc1OC. The molecule has 3 heterocycles. The molecule has 1 aliphatic rings. The maximum Gasteiger partial charge on any atom is 0.338 e. The molecule has 0 bridgehead atoms. The molecule has 1 aliphatic heterocycles. The molecule has 190 valence electrons. The fourth-order valence-electron chi connectivity index (χ4n) is 4.41. The number of nitrogens with zero attached hydrogens (tertiary/aromatic N) is 3. The molecule has 10 heteroatoms. The number of ether oxygens (including phenoxy) is 2. The first kappa shape index (κ1) is 25.3. The van der Waals surface area contributed by atoms with Crippen molar-refractivity contribution in [1.82, 2.24) is 4.57 Å². The summed E-state index contributed by atoms with van der Waals surface area (Å²) < 4.78 is 18.4. The molecule has 8 nitrogen and oxygen atoms in total. The third-order valence-corrected chi connectivity index (χ3v) is 7.34. The molecule has 0 amide bonds. The molecule has 0 radical (unpaired) electrons. The van der Waals surface area contributed by atoms with Crippen molar-refractivity contribution in [1.29, 1.82) is 5.26 Å². The van der Waals surface area contributed by atoms with Crippen molar-refractivity contribution in [2.45, 2.75) is 13.0 Å². The zero-order valence-corrected chi connectivity index (χ0v) is 22.1. The van der Waals surface area contributed by atoms with Gasteiger partial charge in [-0.15, -0.1) is 0 Å². The predicted octanol–water partition coefficient (Wildman–Crippen LogP) is 4.20. The van der Waals surface area contributed by atoms with E-state index in [1.54, 1.807) is 61.5 Å². The third kappa shape index (κ3) is 4.34. The molecule has 5 rings (SSSR count). The second-order valence-corrected chi connectivity index (χ2v) is 9.76. The van der Waals surface area contributed by atoms with Gasteiger partial charge in [0.1, 0.15) is 23.3 Å². The maximum absolute atomic E-state index is 13.8. The standard InChI is InChI=1S/C28H20ClN3O5S/c1-15-24(27(34)36-3)25(20-12-17(29)8-10-21(20)35-2)32-26(33)23(38-28(32)31-15)13-18-9-11-22(37-18)19-7-5-4-6-16(19)14-30/h4-13,25H,1-3H3/b23-13-/t25-/m1/s1. The molecule has 4 aromatic rings. The summed E-state index contributed by atoms with van der Waals surface area (Å²) in [6.07, 6.45) is 1.62. The van der Waals surface area contributed by atoms with Crippen LogP contribution in [0.3, 0.4) is 0 Å². The Morgan fingerprint density at radius 2 is 2.00 bits per heavy atom. The van der Waals surface area contributed by atoms with Crippen molar-refractivity contribution < 1.29 is 18.7 Å². The third-order valence-electron chi connectivity index (χ3n) is 6.13. The van der Waals surface area contributed by atoms with Crippen LogP contribution in [0.4, 0.5) is 0 Å². The molecule has 0 saturated heterocycles. The predicted molar refractivity (Wildman–Crippen MR) is 143 cm³/mol. The molecular formula is C28H20ClN3O5S. The van der Waals surface area contributed by atoms with Crippen molar-refractivity contribution in [3.63, 3.8) is 0 Å². The van der Waals surface area contributed by atoms with Crippen LogP contribution >= 0.6 is 22.9 Å². The van der Waals surface area contributed by atoms with Gasteiger partial charge in [0.2, 0.25) is 0 Å². The van der Waals surface area contributed by atoms with Crippen LogP contribution < -0.4 is 19.6 Å². The summed E-state index contributed by atoms with van der Waals surface area (Å²) in [5, 5.41) is 9.84. The van der Waals surface area contributed by atoms with Gasteiger partial charge in [0, 0.05) is 22.2 Å². The molecule has 0 N–H and O–H groups in total. The average Bonchev–Trinajstić information content (AvgIpc) is 3.51.